The zero-order valence-electron chi connectivity index (χ0n) is 13.2. The first-order chi connectivity index (χ1) is 12.0. The Bertz CT molecular complexity index is 862. The number of hydrogen-bond acceptors (Lipinski definition) is 5. The van der Waals surface area contributed by atoms with Crippen LogP contribution in [0, 0.1) is 10.1 Å². The molecule has 0 spiro atoms. The van der Waals surface area contributed by atoms with Gasteiger partial charge in [-0.15, -0.1) is 0 Å². The Balaban J connectivity index is 2.14. The van der Waals surface area contributed by atoms with Gasteiger partial charge in [-0.3, -0.25) is 19.7 Å². The van der Waals surface area contributed by atoms with Crippen molar-refractivity contribution in [3.63, 3.8) is 0 Å². The number of amides is 2. The van der Waals surface area contributed by atoms with E-state index in [1.807, 2.05) is 6.92 Å². The first-order valence-electron chi connectivity index (χ1n) is 7.54. The Hall–Kier alpha value is -2.74. The number of nitrogens with zero attached hydrogens (tertiary/aromatic N) is 2. The van der Waals surface area contributed by atoms with Crippen LogP contribution in [0.5, 0.6) is 5.75 Å². The quantitative estimate of drug-likeness (QED) is 0.427. The molecule has 8 heteroatoms. The highest BCUT2D eigenvalue weighted by molar-refractivity contribution is 9.10. The summed E-state index contributed by atoms with van der Waals surface area (Å²) >= 11 is 3.23. The van der Waals surface area contributed by atoms with Crippen LogP contribution in [0.4, 0.5) is 11.4 Å². The van der Waals surface area contributed by atoms with Gasteiger partial charge in [-0.05, 0) is 34.5 Å². The zero-order chi connectivity index (χ0) is 18.1. The van der Waals surface area contributed by atoms with E-state index in [2.05, 4.69) is 15.9 Å². The Morgan fingerprint density at radius 3 is 2.28 bits per heavy atom. The predicted octanol–water partition coefficient (Wildman–Crippen LogP) is 3.95. The lowest BCUT2D eigenvalue weighted by atomic mass is 10.1. The van der Waals surface area contributed by atoms with Gasteiger partial charge in [0.05, 0.1) is 27.1 Å². The molecule has 0 aliphatic carbocycles. The fraction of sp³-hybridized carbons (Fsp3) is 0.176. The average molecular weight is 405 g/mol. The van der Waals surface area contributed by atoms with Crippen LogP contribution in [0.1, 0.15) is 34.1 Å². The van der Waals surface area contributed by atoms with Crippen molar-refractivity contribution in [2.24, 2.45) is 0 Å². The number of imide groups is 1. The third-order valence-electron chi connectivity index (χ3n) is 3.72. The van der Waals surface area contributed by atoms with Crippen LogP contribution in [0.3, 0.4) is 0 Å². The lowest BCUT2D eigenvalue weighted by Crippen LogP contribution is -2.30. The number of carbonyl (C=O) groups excluding carboxylic acids is 2. The first-order valence-corrected chi connectivity index (χ1v) is 8.33. The molecule has 0 radical (unpaired) electrons. The summed E-state index contributed by atoms with van der Waals surface area (Å²) in [6.45, 7) is 2.32. The minimum Gasteiger partial charge on any atom is -0.492 e. The summed E-state index contributed by atoms with van der Waals surface area (Å²) < 4.78 is 5.93. The zero-order valence-corrected chi connectivity index (χ0v) is 14.8. The minimum absolute atomic E-state index is 0.106. The number of carbonyl (C=O) groups is 2. The van der Waals surface area contributed by atoms with Crippen molar-refractivity contribution in [3.05, 3.63) is 62.1 Å². The smallest absolute Gasteiger partial charge is 0.294 e. The topological polar surface area (TPSA) is 89.8 Å². The van der Waals surface area contributed by atoms with Gasteiger partial charge in [0.2, 0.25) is 0 Å². The first kappa shape index (κ1) is 17.1. The van der Waals surface area contributed by atoms with Crippen molar-refractivity contribution in [1.29, 1.82) is 0 Å². The second-order valence-corrected chi connectivity index (χ2v) is 6.22. The lowest BCUT2D eigenvalue weighted by molar-refractivity contribution is -0.384. The molecule has 0 fully saturated rings. The van der Waals surface area contributed by atoms with E-state index >= 15 is 0 Å². The van der Waals surface area contributed by atoms with E-state index in [1.54, 1.807) is 12.1 Å². The van der Waals surface area contributed by atoms with E-state index in [9.17, 15) is 19.7 Å². The number of ether oxygens (including phenoxy) is 1. The van der Waals surface area contributed by atoms with Crippen molar-refractivity contribution in [2.45, 2.75) is 13.3 Å². The number of rotatable bonds is 5. The van der Waals surface area contributed by atoms with Gasteiger partial charge in [0.1, 0.15) is 11.4 Å². The molecule has 0 atom stereocenters. The molecule has 25 heavy (non-hydrogen) atoms. The van der Waals surface area contributed by atoms with E-state index in [4.69, 9.17) is 4.74 Å². The lowest BCUT2D eigenvalue weighted by Gasteiger charge is -2.16. The summed E-state index contributed by atoms with van der Waals surface area (Å²) in [5, 5.41) is 11.4. The maximum Gasteiger partial charge on any atom is 0.294 e. The largest absolute Gasteiger partial charge is 0.492 e. The normalized spacial score (nSPS) is 13.1. The SMILES string of the molecule is CCCOc1cc(N2C(=O)c3ccccc3C2=O)c([N+](=O)[O-])cc1Br. The molecule has 2 amide bonds. The van der Waals surface area contributed by atoms with Gasteiger partial charge in [0.25, 0.3) is 17.5 Å². The van der Waals surface area contributed by atoms with Gasteiger partial charge in [-0.25, -0.2) is 4.90 Å². The molecular weight excluding hydrogens is 392 g/mol. The summed E-state index contributed by atoms with van der Waals surface area (Å²) in [5.41, 5.74) is -0.0165. The molecule has 0 bridgehead atoms. The molecule has 2 aromatic rings. The van der Waals surface area contributed by atoms with E-state index in [0.29, 0.717) is 16.8 Å². The minimum atomic E-state index is -0.632. The van der Waals surface area contributed by atoms with E-state index in [0.717, 1.165) is 11.3 Å². The van der Waals surface area contributed by atoms with Crippen molar-refractivity contribution >= 4 is 39.1 Å². The Morgan fingerprint density at radius 2 is 1.76 bits per heavy atom. The number of nitro groups is 1. The van der Waals surface area contributed by atoms with Crippen molar-refractivity contribution in [2.75, 3.05) is 11.5 Å². The van der Waals surface area contributed by atoms with Gasteiger partial charge in [0, 0.05) is 12.1 Å². The van der Waals surface area contributed by atoms with E-state index in [-0.39, 0.29) is 22.5 Å². The van der Waals surface area contributed by atoms with Gasteiger partial charge in [-0.2, -0.15) is 0 Å². The van der Waals surface area contributed by atoms with Gasteiger partial charge >= 0.3 is 0 Å². The van der Waals surface area contributed by atoms with Crippen LogP contribution >= 0.6 is 15.9 Å². The second kappa shape index (κ2) is 6.64. The van der Waals surface area contributed by atoms with Crippen LogP contribution in [0.15, 0.2) is 40.9 Å². The molecule has 0 saturated carbocycles. The highest BCUT2D eigenvalue weighted by Gasteiger charge is 2.40. The number of halogens is 1. The van der Waals surface area contributed by atoms with Crippen molar-refractivity contribution in [1.82, 2.24) is 0 Å². The Morgan fingerprint density at radius 1 is 1.16 bits per heavy atom. The molecular formula is C17H13BrN2O5. The van der Waals surface area contributed by atoms with Crippen LogP contribution in [-0.4, -0.2) is 23.3 Å². The molecule has 3 rings (SSSR count). The third-order valence-corrected chi connectivity index (χ3v) is 4.34. The highest BCUT2D eigenvalue weighted by Crippen LogP contribution is 2.41. The van der Waals surface area contributed by atoms with Crippen LogP contribution in [0.2, 0.25) is 0 Å². The summed E-state index contributed by atoms with van der Waals surface area (Å²) in [6, 6.07) is 8.91. The fourth-order valence-corrected chi connectivity index (χ4v) is 3.03. The molecule has 7 nitrogen and oxygen atoms in total. The van der Waals surface area contributed by atoms with Crippen LogP contribution < -0.4 is 9.64 Å². The maximum atomic E-state index is 12.6. The molecule has 0 saturated heterocycles. The number of fused-ring (bicyclic) bond motifs is 1. The highest BCUT2D eigenvalue weighted by atomic mass is 79.9. The van der Waals surface area contributed by atoms with Crippen molar-refractivity contribution in [3.8, 4) is 5.75 Å². The van der Waals surface area contributed by atoms with Crippen molar-refractivity contribution < 1.29 is 19.2 Å². The van der Waals surface area contributed by atoms with Gasteiger partial charge in [0.15, 0.2) is 0 Å². The number of benzene rings is 2. The van der Waals surface area contributed by atoms with Crippen LogP contribution in [0.25, 0.3) is 0 Å². The predicted molar refractivity (Wildman–Crippen MR) is 94.2 cm³/mol. The Labute approximate surface area is 151 Å². The number of nitro benzene ring substituents is 1. The Kier molecular flexibility index (Phi) is 4.54. The molecule has 0 aromatic heterocycles. The molecule has 1 heterocycles. The van der Waals surface area contributed by atoms with Gasteiger partial charge < -0.3 is 4.74 Å². The van der Waals surface area contributed by atoms with Gasteiger partial charge in [-0.1, -0.05) is 19.1 Å². The molecule has 1 aliphatic rings. The third kappa shape index (κ3) is 2.89. The van der Waals surface area contributed by atoms with E-state index < -0.39 is 16.7 Å². The molecule has 0 unspecified atom stereocenters. The van der Waals surface area contributed by atoms with E-state index in [1.165, 1.54) is 24.3 Å². The summed E-state index contributed by atoms with van der Waals surface area (Å²) in [5.74, 6) is -0.848. The number of anilines is 1. The second-order valence-electron chi connectivity index (χ2n) is 5.37. The summed E-state index contributed by atoms with van der Waals surface area (Å²) in [4.78, 5) is 36.9. The molecule has 2 aromatic carbocycles. The molecule has 0 N–H and O–H groups in total. The van der Waals surface area contributed by atoms with Crippen LogP contribution in [-0.2, 0) is 0 Å². The summed E-state index contributed by atoms with van der Waals surface area (Å²) in [7, 11) is 0. The molecule has 128 valence electrons. The fourth-order valence-electron chi connectivity index (χ4n) is 2.59. The number of hydrogen-bond donors (Lipinski definition) is 0. The average Bonchev–Trinajstić information content (AvgIpc) is 2.85. The monoisotopic (exact) mass is 404 g/mol. The standard InChI is InChI=1S/C17H13BrN2O5/c1-2-7-25-15-9-13(14(20(23)24)8-12(15)18)19-16(21)10-5-3-4-6-11(10)17(19)22/h3-6,8-9H,2,7H2,1H3. The maximum absolute atomic E-state index is 12.6. The molecule has 1 aliphatic heterocycles. The summed E-state index contributed by atoms with van der Waals surface area (Å²) in [6.07, 6.45) is 0.742.